The van der Waals surface area contributed by atoms with E-state index in [1.165, 1.54) is 0 Å². The molecule has 0 aromatic heterocycles. The third kappa shape index (κ3) is 0.857. The number of fused-ring (bicyclic) bond motifs is 3. The molecule has 1 spiro atoms. The third-order valence-corrected chi connectivity index (χ3v) is 5.46. The first-order valence-electron chi connectivity index (χ1n) is 6.60. The van der Waals surface area contributed by atoms with Gasteiger partial charge in [0.15, 0.2) is 22.8 Å². The molecule has 2 fully saturated rings. The van der Waals surface area contributed by atoms with Gasteiger partial charge >= 0.3 is 0 Å². The zero-order valence-electron chi connectivity index (χ0n) is 10.3. The summed E-state index contributed by atoms with van der Waals surface area (Å²) in [5.74, 6) is -0.545. The highest BCUT2D eigenvalue weighted by molar-refractivity contribution is 6.02. The summed E-state index contributed by atoms with van der Waals surface area (Å²) < 4.78 is 0. The Balaban J connectivity index is 2.15. The lowest BCUT2D eigenvalue weighted by Gasteiger charge is -2.38. The average Bonchev–Trinajstić information content (AvgIpc) is 2.90. The Labute approximate surface area is 110 Å². The molecule has 1 aromatic carbocycles. The van der Waals surface area contributed by atoms with E-state index in [4.69, 9.17) is 0 Å². The summed E-state index contributed by atoms with van der Waals surface area (Å²) in [5.41, 5.74) is -3.58. The Bertz CT molecular complexity index is 580. The fraction of sp³-hybridized carbons (Fsp3) is 0.467. The normalized spacial score (nSPS) is 43.3. The van der Waals surface area contributed by atoms with Crippen LogP contribution in [0.15, 0.2) is 24.3 Å². The van der Waals surface area contributed by atoms with Crippen LogP contribution in [0.25, 0.3) is 0 Å². The van der Waals surface area contributed by atoms with E-state index in [1.807, 2.05) is 0 Å². The van der Waals surface area contributed by atoms with Gasteiger partial charge in [0.25, 0.3) is 0 Å². The van der Waals surface area contributed by atoms with Crippen LogP contribution in [0.3, 0.4) is 0 Å². The van der Waals surface area contributed by atoms with E-state index in [0.29, 0.717) is 24.0 Å². The van der Waals surface area contributed by atoms with Crippen LogP contribution in [0.4, 0.5) is 0 Å². The van der Waals surface area contributed by atoms with Crippen molar-refractivity contribution in [2.75, 3.05) is 0 Å². The van der Waals surface area contributed by atoms with E-state index in [9.17, 15) is 19.8 Å². The number of rotatable bonds is 0. The highest BCUT2D eigenvalue weighted by Gasteiger charge is 2.79. The van der Waals surface area contributed by atoms with Crippen molar-refractivity contribution in [3.05, 3.63) is 35.4 Å². The summed E-state index contributed by atoms with van der Waals surface area (Å²) in [5, 5.41) is 22.1. The van der Waals surface area contributed by atoms with E-state index < -0.39 is 16.6 Å². The van der Waals surface area contributed by atoms with Gasteiger partial charge in [-0.25, -0.2) is 0 Å². The minimum atomic E-state index is -1.69. The van der Waals surface area contributed by atoms with Crippen LogP contribution >= 0.6 is 0 Å². The van der Waals surface area contributed by atoms with E-state index in [1.54, 1.807) is 24.3 Å². The molecule has 0 saturated heterocycles. The van der Waals surface area contributed by atoms with Crippen LogP contribution in [-0.2, 0) is 20.8 Å². The Morgan fingerprint density at radius 3 is 1.68 bits per heavy atom. The van der Waals surface area contributed by atoms with Crippen molar-refractivity contribution < 1.29 is 19.8 Å². The van der Waals surface area contributed by atoms with Gasteiger partial charge in [-0.3, -0.25) is 9.59 Å². The predicted molar refractivity (Wildman–Crippen MR) is 65.2 cm³/mol. The molecule has 0 amide bonds. The van der Waals surface area contributed by atoms with Crippen LogP contribution in [0, 0.1) is 5.41 Å². The number of carbonyl (C=O) groups is 2. The van der Waals surface area contributed by atoms with Crippen molar-refractivity contribution in [1.82, 2.24) is 0 Å². The van der Waals surface area contributed by atoms with Crippen LogP contribution in [0.2, 0.25) is 0 Å². The Hall–Kier alpha value is -1.52. The fourth-order valence-corrected chi connectivity index (χ4v) is 4.59. The number of carbonyl (C=O) groups excluding carboxylic acids is 2. The van der Waals surface area contributed by atoms with Crippen molar-refractivity contribution in [3.63, 3.8) is 0 Å². The van der Waals surface area contributed by atoms with Gasteiger partial charge in [0.05, 0.1) is 5.41 Å². The van der Waals surface area contributed by atoms with Crippen molar-refractivity contribution in [3.8, 4) is 0 Å². The first kappa shape index (κ1) is 11.3. The molecule has 4 heteroatoms. The van der Waals surface area contributed by atoms with Gasteiger partial charge in [-0.05, 0) is 24.0 Å². The summed E-state index contributed by atoms with van der Waals surface area (Å²) >= 11 is 0. The topological polar surface area (TPSA) is 74.6 Å². The number of Topliss-reactive ketones (excluding diaryl/α,β-unsaturated/α-hetero) is 2. The molecule has 0 radical (unpaired) electrons. The van der Waals surface area contributed by atoms with Gasteiger partial charge in [-0.1, -0.05) is 24.3 Å². The number of benzene rings is 1. The molecule has 4 nitrogen and oxygen atoms in total. The molecular formula is C15H14O4. The van der Waals surface area contributed by atoms with Gasteiger partial charge in [-0.15, -0.1) is 0 Å². The molecule has 1 aromatic rings. The Morgan fingerprint density at radius 1 is 0.842 bits per heavy atom. The van der Waals surface area contributed by atoms with Gasteiger partial charge in [0.2, 0.25) is 0 Å². The van der Waals surface area contributed by atoms with E-state index >= 15 is 0 Å². The number of ketones is 2. The van der Waals surface area contributed by atoms with Gasteiger partial charge in [0.1, 0.15) is 0 Å². The molecule has 2 N–H and O–H groups in total. The highest BCUT2D eigenvalue weighted by atomic mass is 16.3. The lowest BCUT2D eigenvalue weighted by molar-refractivity contribution is -0.172. The van der Waals surface area contributed by atoms with Gasteiger partial charge in [-0.2, -0.15) is 0 Å². The summed E-state index contributed by atoms with van der Waals surface area (Å²) in [6.45, 7) is 0. The molecule has 2 atom stereocenters. The van der Waals surface area contributed by atoms with E-state index in [0.717, 1.165) is 0 Å². The molecule has 98 valence electrons. The molecule has 0 heterocycles. The van der Waals surface area contributed by atoms with Crippen molar-refractivity contribution in [1.29, 1.82) is 0 Å². The zero-order valence-corrected chi connectivity index (χ0v) is 10.3. The summed E-state index contributed by atoms with van der Waals surface area (Å²) in [6, 6.07) is 6.77. The number of aliphatic hydroxyl groups is 2. The van der Waals surface area contributed by atoms with E-state index in [-0.39, 0.29) is 24.4 Å². The highest BCUT2D eigenvalue weighted by Crippen LogP contribution is 2.71. The maximum absolute atomic E-state index is 12.3. The fourth-order valence-electron chi connectivity index (χ4n) is 4.59. The minimum absolute atomic E-state index is 0.223. The molecule has 0 aliphatic heterocycles. The molecule has 19 heavy (non-hydrogen) atoms. The summed E-state index contributed by atoms with van der Waals surface area (Å²) in [4.78, 5) is 24.5. The third-order valence-electron chi connectivity index (χ3n) is 5.46. The molecule has 0 unspecified atom stereocenters. The lowest BCUT2D eigenvalue weighted by Crippen LogP contribution is -2.50. The zero-order chi connectivity index (χ0) is 13.5. The van der Waals surface area contributed by atoms with E-state index in [2.05, 4.69) is 0 Å². The summed E-state index contributed by atoms with van der Waals surface area (Å²) in [7, 11) is 0. The van der Waals surface area contributed by atoms with Crippen LogP contribution in [0.1, 0.15) is 36.8 Å². The largest absolute Gasteiger partial charge is 0.377 e. The minimum Gasteiger partial charge on any atom is -0.377 e. The molecule has 3 aliphatic carbocycles. The second-order valence-corrected chi connectivity index (χ2v) is 5.89. The van der Waals surface area contributed by atoms with Crippen molar-refractivity contribution in [2.45, 2.75) is 36.9 Å². The van der Waals surface area contributed by atoms with Crippen molar-refractivity contribution in [2.24, 2.45) is 5.41 Å². The first-order chi connectivity index (χ1) is 8.98. The quantitative estimate of drug-likeness (QED) is 0.721. The second kappa shape index (κ2) is 2.97. The average molecular weight is 258 g/mol. The second-order valence-electron chi connectivity index (χ2n) is 5.89. The molecular weight excluding hydrogens is 244 g/mol. The molecule has 3 aliphatic rings. The maximum Gasteiger partial charge on any atom is 0.169 e. The van der Waals surface area contributed by atoms with Gasteiger partial charge < -0.3 is 10.2 Å². The lowest BCUT2D eigenvalue weighted by atomic mass is 9.68. The standard InChI is InChI=1S/C15H14O4/c16-11-5-7-13-8-6-12(17)15(13,19)10-4-2-1-3-9(10)14(11,13)18/h1-4,18-19H,5-8H2/t13?,14-,15-/m1/s1. The molecule has 0 bridgehead atoms. The molecule has 2 saturated carbocycles. The van der Waals surface area contributed by atoms with Crippen LogP contribution < -0.4 is 0 Å². The summed E-state index contributed by atoms with van der Waals surface area (Å²) in [6.07, 6.45) is 1.19. The predicted octanol–water partition coefficient (Wildman–Crippen LogP) is 0.788. The Kier molecular flexibility index (Phi) is 1.77. The monoisotopic (exact) mass is 258 g/mol. The number of hydrogen-bond donors (Lipinski definition) is 2. The Morgan fingerprint density at radius 2 is 1.26 bits per heavy atom. The van der Waals surface area contributed by atoms with Gasteiger partial charge in [0, 0.05) is 12.8 Å². The first-order valence-corrected chi connectivity index (χ1v) is 6.60. The van der Waals surface area contributed by atoms with Crippen molar-refractivity contribution >= 4 is 11.6 Å². The van der Waals surface area contributed by atoms with Crippen LogP contribution in [0.5, 0.6) is 0 Å². The number of hydrogen-bond acceptors (Lipinski definition) is 4. The SMILES string of the molecule is O=C1CCC23CCC(=O)[C@]2(O)c2ccccc2[C@@]13O. The molecule has 4 rings (SSSR count). The smallest absolute Gasteiger partial charge is 0.169 e. The van der Waals surface area contributed by atoms with Crippen LogP contribution in [-0.4, -0.2) is 21.8 Å². The maximum atomic E-state index is 12.3.